The lowest BCUT2D eigenvalue weighted by Gasteiger charge is -2.18. The second kappa shape index (κ2) is 3.29. The SMILES string of the molecule is CN=C1N=C(SC)NC2=NC=NC12. The van der Waals surface area contributed by atoms with E-state index in [2.05, 4.69) is 25.3 Å². The van der Waals surface area contributed by atoms with Gasteiger partial charge in [-0.15, -0.1) is 0 Å². The van der Waals surface area contributed by atoms with Crippen molar-refractivity contribution in [1.29, 1.82) is 0 Å². The van der Waals surface area contributed by atoms with Crippen LogP contribution in [-0.2, 0) is 0 Å². The minimum absolute atomic E-state index is 0.110. The number of thioether (sulfide) groups is 1. The lowest BCUT2D eigenvalue weighted by atomic mass is 10.2. The van der Waals surface area contributed by atoms with Crippen molar-refractivity contribution >= 4 is 34.9 Å². The summed E-state index contributed by atoms with van der Waals surface area (Å²) in [6.45, 7) is 0. The van der Waals surface area contributed by atoms with Crippen LogP contribution in [0.5, 0.6) is 0 Å². The van der Waals surface area contributed by atoms with Gasteiger partial charge in [-0.3, -0.25) is 9.98 Å². The molecule has 0 radical (unpaired) electrons. The monoisotopic (exact) mass is 195 g/mol. The number of aliphatic imine (C=N–C) groups is 4. The molecule has 2 aliphatic heterocycles. The Morgan fingerprint density at radius 1 is 1.62 bits per heavy atom. The molecule has 0 bridgehead atoms. The summed E-state index contributed by atoms with van der Waals surface area (Å²) in [5.41, 5.74) is 0. The summed E-state index contributed by atoms with van der Waals surface area (Å²) in [5, 5.41) is 3.91. The second-order valence-electron chi connectivity index (χ2n) is 2.51. The summed E-state index contributed by atoms with van der Waals surface area (Å²) in [5.74, 6) is 1.54. The number of fused-ring (bicyclic) bond motifs is 1. The van der Waals surface area contributed by atoms with E-state index in [-0.39, 0.29) is 6.04 Å². The number of nitrogens with zero attached hydrogens (tertiary/aromatic N) is 4. The highest BCUT2D eigenvalue weighted by atomic mass is 32.2. The van der Waals surface area contributed by atoms with Gasteiger partial charge in [-0.05, 0) is 6.26 Å². The van der Waals surface area contributed by atoms with Crippen LogP contribution in [0.15, 0.2) is 20.0 Å². The highest BCUT2D eigenvalue weighted by Gasteiger charge is 2.28. The number of hydrogen-bond acceptors (Lipinski definition) is 5. The van der Waals surface area contributed by atoms with Crippen molar-refractivity contribution in [2.75, 3.05) is 13.3 Å². The lowest BCUT2D eigenvalue weighted by Crippen LogP contribution is -2.44. The van der Waals surface area contributed by atoms with Gasteiger partial charge in [-0.2, -0.15) is 0 Å². The summed E-state index contributed by atoms with van der Waals surface area (Å²) < 4.78 is 0. The minimum Gasteiger partial charge on any atom is -0.321 e. The number of nitrogens with one attached hydrogen (secondary N) is 1. The van der Waals surface area contributed by atoms with E-state index >= 15 is 0 Å². The molecule has 0 aromatic carbocycles. The van der Waals surface area contributed by atoms with Crippen LogP contribution >= 0.6 is 11.8 Å². The number of rotatable bonds is 0. The Balaban J connectivity index is 2.36. The Labute approximate surface area is 80.2 Å². The Morgan fingerprint density at radius 2 is 2.46 bits per heavy atom. The van der Waals surface area contributed by atoms with E-state index < -0.39 is 0 Å². The van der Waals surface area contributed by atoms with Gasteiger partial charge in [-0.1, -0.05) is 11.8 Å². The maximum Gasteiger partial charge on any atom is 0.168 e. The van der Waals surface area contributed by atoms with Crippen molar-refractivity contribution in [2.45, 2.75) is 6.04 Å². The Kier molecular flexibility index (Phi) is 2.13. The van der Waals surface area contributed by atoms with E-state index in [1.54, 1.807) is 7.05 Å². The molecule has 2 heterocycles. The summed E-state index contributed by atoms with van der Waals surface area (Å²) in [7, 11) is 1.72. The first-order chi connectivity index (χ1) is 6.35. The van der Waals surface area contributed by atoms with Crippen molar-refractivity contribution in [3.8, 4) is 0 Å². The van der Waals surface area contributed by atoms with Crippen LogP contribution in [0.2, 0.25) is 0 Å². The molecule has 0 fully saturated rings. The predicted octanol–water partition coefficient (Wildman–Crippen LogP) is 0.146. The van der Waals surface area contributed by atoms with Crippen molar-refractivity contribution in [1.82, 2.24) is 5.32 Å². The van der Waals surface area contributed by atoms with Crippen LogP contribution in [0.3, 0.4) is 0 Å². The van der Waals surface area contributed by atoms with Crippen LogP contribution in [0.25, 0.3) is 0 Å². The Hall–Kier alpha value is -1.17. The van der Waals surface area contributed by atoms with Gasteiger partial charge in [-0.25, -0.2) is 9.98 Å². The van der Waals surface area contributed by atoms with Crippen molar-refractivity contribution in [2.24, 2.45) is 20.0 Å². The average molecular weight is 195 g/mol. The first-order valence-electron chi connectivity index (χ1n) is 3.81. The molecule has 0 aliphatic carbocycles. The van der Waals surface area contributed by atoms with E-state index in [9.17, 15) is 0 Å². The normalized spacial score (nSPS) is 28.2. The van der Waals surface area contributed by atoms with Crippen LogP contribution in [0.1, 0.15) is 0 Å². The van der Waals surface area contributed by atoms with Gasteiger partial charge in [0.25, 0.3) is 0 Å². The van der Waals surface area contributed by atoms with Gasteiger partial charge in [0.2, 0.25) is 0 Å². The van der Waals surface area contributed by atoms with Crippen LogP contribution in [0.4, 0.5) is 0 Å². The smallest absolute Gasteiger partial charge is 0.168 e. The molecule has 0 aromatic heterocycles. The van der Waals surface area contributed by atoms with E-state index in [0.717, 1.165) is 16.8 Å². The lowest BCUT2D eigenvalue weighted by molar-refractivity contribution is 1.07. The summed E-state index contributed by atoms with van der Waals surface area (Å²) in [6, 6.07) is -0.110. The third kappa shape index (κ3) is 1.37. The standard InChI is InChI=1S/C7H9N5S/c1-8-5-4-6(10-3-9-4)12-7(11-5)13-2/h3-4H,1-2H3,(H,8,9,10,11,12). The van der Waals surface area contributed by atoms with Crippen molar-refractivity contribution in [3.63, 3.8) is 0 Å². The fraction of sp³-hybridized carbons (Fsp3) is 0.429. The van der Waals surface area contributed by atoms with Gasteiger partial charge in [0.1, 0.15) is 12.2 Å². The molecule has 1 atom stereocenters. The highest BCUT2D eigenvalue weighted by molar-refractivity contribution is 8.13. The molecule has 0 spiro atoms. The third-order valence-electron chi connectivity index (χ3n) is 1.79. The Bertz CT molecular complexity index is 341. The van der Waals surface area contributed by atoms with Crippen molar-refractivity contribution < 1.29 is 0 Å². The molecule has 13 heavy (non-hydrogen) atoms. The molecule has 6 heteroatoms. The highest BCUT2D eigenvalue weighted by Crippen LogP contribution is 2.11. The first-order valence-corrected chi connectivity index (χ1v) is 5.03. The maximum absolute atomic E-state index is 4.29. The second-order valence-corrected chi connectivity index (χ2v) is 3.30. The van der Waals surface area contributed by atoms with E-state index in [1.807, 2.05) is 6.26 Å². The zero-order valence-electron chi connectivity index (χ0n) is 7.35. The van der Waals surface area contributed by atoms with Gasteiger partial charge < -0.3 is 5.32 Å². The average Bonchev–Trinajstić information content (AvgIpc) is 2.63. The molecular weight excluding hydrogens is 186 g/mol. The molecule has 5 nitrogen and oxygen atoms in total. The van der Waals surface area contributed by atoms with Crippen LogP contribution in [0, 0.1) is 0 Å². The largest absolute Gasteiger partial charge is 0.321 e. The van der Waals surface area contributed by atoms with Gasteiger partial charge >= 0.3 is 0 Å². The van der Waals surface area contributed by atoms with E-state index in [1.165, 1.54) is 18.1 Å². The molecule has 2 aliphatic rings. The van der Waals surface area contributed by atoms with Crippen LogP contribution < -0.4 is 5.32 Å². The van der Waals surface area contributed by atoms with Crippen molar-refractivity contribution in [3.05, 3.63) is 0 Å². The first kappa shape index (κ1) is 8.43. The minimum atomic E-state index is -0.110. The molecule has 1 N–H and O–H groups in total. The predicted molar refractivity (Wildman–Crippen MR) is 57.2 cm³/mol. The van der Waals surface area contributed by atoms with Gasteiger partial charge in [0.15, 0.2) is 17.0 Å². The fourth-order valence-electron chi connectivity index (χ4n) is 1.16. The fourth-order valence-corrected chi connectivity index (χ4v) is 1.56. The van der Waals surface area contributed by atoms with Crippen LogP contribution in [-0.4, -0.2) is 42.5 Å². The molecular formula is C7H9N5S. The molecule has 0 saturated heterocycles. The molecule has 68 valence electrons. The topological polar surface area (TPSA) is 61.5 Å². The van der Waals surface area contributed by atoms with E-state index in [0.29, 0.717) is 0 Å². The molecule has 2 rings (SSSR count). The zero-order chi connectivity index (χ0) is 9.26. The van der Waals surface area contributed by atoms with Gasteiger partial charge in [0, 0.05) is 7.05 Å². The number of hydrogen-bond donors (Lipinski definition) is 1. The molecule has 1 unspecified atom stereocenters. The summed E-state index contributed by atoms with van der Waals surface area (Å²) in [4.78, 5) is 16.6. The zero-order valence-corrected chi connectivity index (χ0v) is 8.17. The molecule has 0 amide bonds. The maximum atomic E-state index is 4.29. The van der Waals surface area contributed by atoms with E-state index in [4.69, 9.17) is 0 Å². The Morgan fingerprint density at radius 3 is 3.15 bits per heavy atom. The summed E-state index contributed by atoms with van der Waals surface area (Å²) >= 11 is 1.54. The van der Waals surface area contributed by atoms with Gasteiger partial charge in [0.05, 0.1) is 0 Å². The molecule has 0 saturated carbocycles. The molecule has 0 aromatic rings. The quantitative estimate of drug-likeness (QED) is 0.598. The third-order valence-corrected chi connectivity index (χ3v) is 2.37. The summed E-state index contributed by atoms with van der Waals surface area (Å²) in [6.07, 6.45) is 3.49. The number of amidine groups is 3.